The quantitative estimate of drug-likeness (QED) is 0.335. The Bertz CT molecular complexity index is 845. The molecule has 0 saturated carbocycles. The maximum Gasteiger partial charge on any atom is 0.536 e. The van der Waals surface area contributed by atoms with Crippen molar-refractivity contribution in [3.05, 3.63) is 81.7 Å². The molecule has 28 heavy (non-hydrogen) atoms. The first-order valence-electron chi connectivity index (χ1n) is 8.60. The van der Waals surface area contributed by atoms with E-state index in [1.807, 2.05) is 0 Å². The largest absolute Gasteiger partial charge is 0.536 e. The fourth-order valence-corrected chi connectivity index (χ4v) is 7.59. The number of halogens is 2. The molecule has 0 bridgehead atoms. The Morgan fingerprint density at radius 1 is 0.571 bits per heavy atom. The molecule has 0 saturated heterocycles. The van der Waals surface area contributed by atoms with Crippen LogP contribution in [-0.4, -0.2) is 30.1 Å². The van der Waals surface area contributed by atoms with Gasteiger partial charge in [0.25, 0.3) is 0 Å². The predicted octanol–water partition coefficient (Wildman–Crippen LogP) is 4.05. The van der Waals surface area contributed by atoms with Gasteiger partial charge in [0, 0.05) is 35.5 Å². The van der Waals surface area contributed by atoms with Crippen LogP contribution in [0.4, 0.5) is 0 Å². The summed E-state index contributed by atoms with van der Waals surface area (Å²) in [4.78, 5) is 0. The van der Waals surface area contributed by atoms with Gasteiger partial charge in [0.2, 0.25) is 0 Å². The van der Waals surface area contributed by atoms with Crippen molar-refractivity contribution in [2.75, 3.05) is 21.3 Å². The summed E-state index contributed by atoms with van der Waals surface area (Å²) in [5.41, 5.74) is 0. The van der Waals surface area contributed by atoms with Crippen LogP contribution in [0.25, 0.3) is 0 Å². The molecule has 0 fully saturated rings. The summed E-state index contributed by atoms with van der Waals surface area (Å²) in [6, 6.07) is 25.5. The molecule has 0 spiro atoms. The molecule has 0 aliphatic carbocycles. The third kappa shape index (κ3) is 4.65. The first kappa shape index (κ1) is 21.8. The van der Waals surface area contributed by atoms with E-state index in [0.717, 1.165) is 14.1 Å². The van der Waals surface area contributed by atoms with Crippen molar-refractivity contribution in [2.24, 2.45) is 0 Å². The van der Waals surface area contributed by atoms with E-state index in [-0.39, 0.29) is 0 Å². The first-order valence-corrected chi connectivity index (χ1v) is 13.3. The number of hydrogen-bond donors (Lipinski definition) is 0. The molecule has 0 N–H and O–H groups in total. The Morgan fingerprint density at radius 2 is 0.893 bits per heavy atom. The zero-order valence-corrected chi connectivity index (χ0v) is 20.9. The molecule has 0 radical (unpaired) electrons. The molecular formula is C21H21Br2O3PSi. The molecule has 3 aromatic carbocycles. The molecule has 0 heterocycles. The van der Waals surface area contributed by atoms with Gasteiger partial charge in [0.15, 0.2) is 0 Å². The van der Waals surface area contributed by atoms with Crippen LogP contribution in [-0.2, 0) is 13.3 Å². The second-order valence-electron chi connectivity index (χ2n) is 6.00. The highest BCUT2D eigenvalue weighted by atomic mass is 79.9. The maximum atomic E-state index is 5.61. The summed E-state index contributed by atoms with van der Waals surface area (Å²) < 4.78 is 19.0. The Hall–Kier alpha value is -0.853. The summed E-state index contributed by atoms with van der Waals surface area (Å²) >= 11 is 7.07. The molecular weight excluding hydrogens is 519 g/mol. The minimum Gasteiger partial charge on any atom is -0.373 e. The van der Waals surface area contributed by atoms with Gasteiger partial charge in [-0.2, -0.15) is 0 Å². The molecule has 7 heteroatoms. The van der Waals surface area contributed by atoms with Gasteiger partial charge in [-0.15, -0.1) is 0 Å². The van der Waals surface area contributed by atoms with Gasteiger partial charge in [0.05, 0.1) is 0 Å². The van der Waals surface area contributed by atoms with Crippen LogP contribution in [0.2, 0.25) is 0 Å². The number of hydrogen-bond acceptors (Lipinski definition) is 3. The van der Waals surface area contributed by atoms with Crippen molar-refractivity contribution < 1.29 is 13.3 Å². The monoisotopic (exact) mass is 538 g/mol. The maximum absolute atomic E-state index is 5.61. The average Bonchev–Trinajstić information content (AvgIpc) is 2.74. The third-order valence-electron chi connectivity index (χ3n) is 4.45. The minimum absolute atomic E-state index is 0.680. The average molecular weight is 540 g/mol. The van der Waals surface area contributed by atoms with Gasteiger partial charge >= 0.3 is 8.80 Å². The standard InChI is InChI=1S/C21H21Br2O3PSi/c1-24-28(25-2,26-3)21-14-12-20(13-15-21)27(18-8-4-16(22)5-9-18)19-10-6-17(23)7-11-19/h4-15H,1-3H3. The van der Waals surface area contributed by atoms with E-state index in [4.69, 9.17) is 13.3 Å². The van der Waals surface area contributed by atoms with E-state index in [1.165, 1.54) is 15.9 Å². The van der Waals surface area contributed by atoms with E-state index >= 15 is 0 Å². The molecule has 3 aromatic rings. The van der Waals surface area contributed by atoms with Crippen LogP contribution >= 0.6 is 39.8 Å². The Morgan fingerprint density at radius 3 is 1.21 bits per heavy atom. The molecule has 0 atom stereocenters. The Labute approximate surface area is 185 Å². The summed E-state index contributed by atoms with van der Waals surface area (Å²) in [5, 5.41) is 4.80. The second kappa shape index (κ2) is 9.77. The SMILES string of the molecule is CO[Si](OC)(OC)c1ccc(P(c2ccc(Br)cc2)c2ccc(Br)cc2)cc1. The molecule has 0 aliphatic rings. The van der Waals surface area contributed by atoms with Crippen LogP contribution in [0.1, 0.15) is 0 Å². The highest BCUT2D eigenvalue weighted by Gasteiger charge is 2.40. The predicted molar refractivity (Wildman–Crippen MR) is 127 cm³/mol. The molecule has 3 nitrogen and oxygen atoms in total. The number of benzene rings is 3. The molecule has 146 valence electrons. The van der Waals surface area contributed by atoms with E-state index in [1.54, 1.807) is 21.3 Å². The van der Waals surface area contributed by atoms with Gasteiger partial charge in [-0.25, -0.2) is 0 Å². The van der Waals surface area contributed by atoms with Gasteiger partial charge in [-0.1, -0.05) is 80.4 Å². The van der Waals surface area contributed by atoms with Crippen molar-refractivity contribution in [3.8, 4) is 0 Å². The van der Waals surface area contributed by atoms with Gasteiger partial charge in [-0.3, -0.25) is 0 Å². The molecule has 0 unspecified atom stereocenters. The summed E-state index contributed by atoms with van der Waals surface area (Å²) in [6.45, 7) is 0. The second-order valence-corrected chi connectivity index (χ2v) is 13.0. The topological polar surface area (TPSA) is 27.7 Å². The van der Waals surface area contributed by atoms with Crippen LogP contribution in [0, 0.1) is 0 Å². The van der Waals surface area contributed by atoms with Crippen molar-refractivity contribution >= 4 is 69.7 Å². The lowest BCUT2D eigenvalue weighted by molar-refractivity contribution is 0.140. The van der Waals surface area contributed by atoms with Crippen LogP contribution < -0.4 is 21.1 Å². The lowest BCUT2D eigenvalue weighted by Crippen LogP contribution is -2.54. The van der Waals surface area contributed by atoms with Crippen molar-refractivity contribution in [2.45, 2.75) is 0 Å². The van der Waals surface area contributed by atoms with E-state index < -0.39 is 16.7 Å². The van der Waals surface area contributed by atoms with E-state index in [0.29, 0.717) is 0 Å². The minimum atomic E-state index is -2.83. The smallest absolute Gasteiger partial charge is 0.373 e. The highest BCUT2D eigenvalue weighted by Crippen LogP contribution is 2.33. The lowest BCUT2D eigenvalue weighted by atomic mass is 10.3. The number of rotatable bonds is 7. The van der Waals surface area contributed by atoms with Gasteiger partial charge in [0.1, 0.15) is 0 Å². The summed E-state index contributed by atoms with van der Waals surface area (Å²) in [7, 11) is 1.38. The summed E-state index contributed by atoms with van der Waals surface area (Å²) in [6.07, 6.45) is 0. The van der Waals surface area contributed by atoms with Crippen molar-refractivity contribution in [1.82, 2.24) is 0 Å². The normalized spacial score (nSPS) is 11.8. The fraction of sp³-hybridized carbons (Fsp3) is 0.143. The third-order valence-corrected chi connectivity index (χ3v) is 10.6. The Kier molecular flexibility index (Phi) is 7.62. The van der Waals surface area contributed by atoms with E-state index in [2.05, 4.69) is 105 Å². The Balaban J connectivity index is 2.05. The lowest BCUT2D eigenvalue weighted by Gasteiger charge is -2.25. The van der Waals surface area contributed by atoms with Crippen molar-refractivity contribution in [3.63, 3.8) is 0 Å². The zero-order chi connectivity index (χ0) is 20.1. The fourth-order valence-electron chi connectivity index (χ4n) is 3.05. The molecule has 3 rings (SSSR count). The van der Waals surface area contributed by atoms with Gasteiger partial charge < -0.3 is 13.3 Å². The first-order chi connectivity index (χ1) is 13.5. The van der Waals surface area contributed by atoms with E-state index in [9.17, 15) is 0 Å². The summed E-state index contributed by atoms with van der Waals surface area (Å²) in [5.74, 6) is 0. The van der Waals surface area contributed by atoms with Crippen molar-refractivity contribution in [1.29, 1.82) is 0 Å². The van der Waals surface area contributed by atoms with Crippen LogP contribution in [0.5, 0.6) is 0 Å². The zero-order valence-electron chi connectivity index (χ0n) is 15.9. The highest BCUT2D eigenvalue weighted by molar-refractivity contribution is 9.10. The molecule has 0 amide bonds. The van der Waals surface area contributed by atoms with Crippen LogP contribution in [0.3, 0.4) is 0 Å². The van der Waals surface area contributed by atoms with Gasteiger partial charge in [-0.05, 0) is 48.1 Å². The molecule has 0 aromatic heterocycles. The molecule has 0 aliphatic heterocycles. The van der Waals surface area contributed by atoms with Crippen LogP contribution in [0.15, 0.2) is 81.7 Å².